The molecule has 0 atom stereocenters. The highest BCUT2D eigenvalue weighted by atomic mass is 35.5. The van der Waals surface area contributed by atoms with Crippen LogP contribution in [0.4, 0.5) is 0 Å². The lowest BCUT2D eigenvalue weighted by atomic mass is 10.2. The Morgan fingerprint density at radius 1 is 1.33 bits per heavy atom. The summed E-state index contributed by atoms with van der Waals surface area (Å²) >= 11 is 7.23. The number of aromatic nitrogens is 3. The molecule has 0 amide bonds. The van der Waals surface area contributed by atoms with Gasteiger partial charge in [0.15, 0.2) is 11.0 Å². The second-order valence-corrected chi connectivity index (χ2v) is 5.71. The van der Waals surface area contributed by atoms with Crippen molar-refractivity contribution in [3.05, 3.63) is 29.3 Å². The lowest BCUT2D eigenvalue weighted by molar-refractivity contribution is -0.137. The van der Waals surface area contributed by atoms with Crippen LogP contribution in [-0.2, 0) is 16.1 Å². The highest BCUT2D eigenvalue weighted by Gasteiger charge is 2.15. The third kappa shape index (κ3) is 3.98. The number of thioether (sulfide) groups is 1. The Bertz CT molecular complexity index is 613. The van der Waals surface area contributed by atoms with E-state index in [1.807, 2.05) is 28.8 Å². The summed E-state index contributed by atoms with van der Waals surface area (Å²) in [6, 6.07) is 7.47. The summed E-state index contributed by atoms with van der Waals surface area (Å²) in [5.74, 6) is 0.721. The number of carbonyl (C=O) groups is 1. The van der Waals surface area contributed by atoms with Gasteiger partial charge in [0, 0.05) is 17.1 Å². The molecule has 1 aromatic carbocycles. The smallest absolute Gasteiger partial charge is 0.316 e. The van der Waals surface area contributed by atoms with Gasteiger partial charge in [-0.15, -0.1) is 10.2 Å². The van der Waals surface area contributed by atoms with Crippen LogP contribution in [0.15, 0.2) is 29.4 Å². The molecule has 2 rings (SSSR count). The molecule has 0 aliphatic carbocycles. The third-order valence-corrected chi connectivity index (χ3v) is 4.01. The fraction of sp³-hybridized carbons (Fsp3) is 0.357. The van der Waals surface area contributed by atoms with Gasteiger partial charge in [0.25, 0.3) is 0 Å². The van der Waals surface area contributed by atoms with Crippen molar-refractivity contribution < 1.29 is 9.53 Å². The fourth-order valence-electron chi connectivity index (χ4n) is 1.82. The average molecular weight is 326 g/mol. The zero-order valence-electron chi connectivity index (χ0n) is 11.9. The van der Waals surface area contributed by atoms with Gasteiger partial charge in [-0.05, 0) is 30.7 Å². The number of benzene rings is 1. The van der Waals surface area contributed by atoms with Crippen LogP contribution in [0.25, 0.3) is 11.4 Å². The first kappa shape index (κ1) is 15.9. The van der Waals surface area contributed by atoms with E-state index in [-0.39, 0.29) is 11.7 Å². The maximum Gasteiger partial charge on any atom is 0.316 e. The minimum atomic E-state index is -0.279. The van der Waals surface area contributed by atoms with Crippen molar-refractivity contribution in [3.63, 3.8) is 0 Å². The van der Waals surface area contributed by atoms with Crippen molar-refractivity contribution in [3.8, 4) is 11.4 Å². The van der Waals surface area contributed by atoms with Crippen LogP contribution in [0.5, 0.6) is 0 Å². The highest BCUT2D eigenvalue weighted by molar-refractivity contribution is 7.99. The van der Waals surface area contributed by atoms with Crippen molar-refractivity contribution in [1.29, 1.82) is 0 Å². The van der Waals surface area contributed by atoms with Crippen LogP contribution in [0.2, 0.25) is 5.02 Å². The van der Waals surface area contributed by atoms with Gasteiger partial charge >= 0.3 is 5.97 Å². The summed E-state index contributed by atoms with van der Waals surface area (Å²) in [5, 5.41) is 9.81. The minimum Gasteiger partial charge on any atom is -0.468 e. The Morgan fingerprint density at radius 2 is 2.05 bits per heavy atom. The quantitative estimate of drug-likeness (QED) is 0.602. The van der Waals surface area contributed by atoms with Gasteiger partial charge in [-0.25, -0.2) is 0 Å². The molecule has 0 N–H and O–H groups in total. The maximum atomic E-state index is 11.3. The molecule has 0 fully saturated rings. The number of hydrogen-bond acceptors (Lipinski definition) is 5. The number of nitrogens with zero attached hydrogens (tertiary/aromatic N) is 3. The second-order valence-electron chi connectivity index (χ2n) is 4.33. The molecule has 2 aromatic rings. The number of esters is 1. The molecule has 0 aliphatic heterocycles. The molecule has 0 bridgehead atoms. The Balaban J connectivity index is 2.27. The normalized spacial score (nSPS) is 10.6. The molecule has 0 radical (unpaired) electrons. The van der Waals surface area contributed by atoms with E-state index >= 15 is 0 Å². The molecule has 5 nitrogen and oxygen atoms in total. The van der Waals surface area contributed by atoms with E-state index in [4.69, 9.17) is 11.6 Å². The molecular formula is C14H16ClN3O2S. The standard InChI is InChI=1S/C14H16ClN3O2S/c1-3-8-18-13(10-4-6-11(15)7-5-10)16-17-14(18)21-9-12(19)20-2/h4-7H,3,8-9H2,1-2H3. The summed E-state index contributed by atoms with van der Waals surface area (Å²) in [5.41, 5.74) is 0.949. The van der Waals surface area contributed by atoms with E-state index < -0.39 is 0 Å². The van der Waals surface area contributed by atoms with Crippen molar-refractivity contribution >= 4 is 29.3 Å². The molecule has 0 saturated heterocycles. The van der Waals surface area contributed by atoms with Gasteiger partial charge in [-0.3, -0.25) is 4.79 Å². The summed E-state index contributed by atoms with van der Waals surface area (Å²) in [4.78, 5) is 11.3. The van der Waals surface area contributed by atoms with Crippen molar-refractivity contribution in [2.24, 2.45) is 0 Å². The monoisotopic (exact) mass is 325 g/mol. The van der Waals surface area contributed by atoms with E-state index in [9.17, 15) is 4.79 Å². The molecule has 1 heterocycles. The zero-order chi connectivity index (χ0) is 15.2. The number of carbonyl (C=O) groups excluding carboxylic acids is 1. The molecule has 0 aliphatic rings. The molecule has 112 valence electrons. The van der Waals surface area contributed by atoms with Gasteiger partial charge in [-0.2, -0.15) is 0 Å². The Kier molecular flexibility index (Phi) is 5.64. The van der Waals surface area contributed by atoms with Crippen LogP contribution in [-0.4, -0.2) is 33.6 Å². The Morgan fingerprint density at radius 3 is 2.67 bits per heavy atom. The Hall–Kier alpha value is -1.53. The lowest BCUT2D eigenvalue weighted by Gasteiger charge is -2.08. The SMILES string of the molecule is CCCn1c(SCC(=O)OC)nnc1-c1ccc(Cl)cc1. The first-order chi connectivity index (χ1) is 10.2. The zero-order valence-corrected chi connectivity index (χ0v) is 13.4. The van der Waals surface area contributed by atoms with Gasteiger partial charge in [0.05, 0.1) is 12.9 Å². The van der Waals surface area contributed by atoms with E-state index in [2.05, 4.69) is 21.9 Å². The van der Waals surface area contributed by atoms with Gasteiger partial charge in [0.1, 0.15) is 0 Å². The van der Waals surface area contributed by atoms with E-state index in [0.29, 0.717) is 10.2 Å². The minimum absolute atomic E-state index is 0.221. The summed E-state index contributed by atoms with van der Waals surface area (Å²) < 4.78 is 6.66. The topological polar surface area (TPSA) is 57.0 Å². The van der Waals surface area contributed by atoms with Gasteiger partial charge in [0.2, 0.25) is 0 Å². The second kappa shape index (κ2) is 7.47. The average Bonchev–Trinajstić information content (AvgIpc) is 2.89. The van der Waals surface area contributed by atoms with Crippen LogP contribution in [0.3, 0.4) is 0 Å². The number of halogens is 1. The first-order valence-corrected chi connectivity index (χ1v) is 7.90. The van der Waals surface area contributed by atoms with Crippen molar-refractivity contribution in [2.45, 2.75) is 25.0 Å². The number of ether oxygens (including phenoxy) is 1. The lowest BCUT2D eigenvalue weighted by Crippen LogP contribution is -2.06. The van der Waals surface area contributed by atoms with Crippen LogP contribution < -0.4 is 0 Å². The van der Waals surface area contributed by atoms with Crippen LogP contribution in [0, 0.1) is 0 Å². The van der Waals surface area contributed by atoms with E-state index in [0.717, 1.165) is 24.4 Å². The third-order valence-electron chi connectivity index (χ3n) is 2.81. The molecule has 0 spiro atoms. The van der Waals surface area contributed by atoms with E-state index in [1.54, 1.807) is 0 Å². The van der Waals surface area contributed by atoms with Crippen LogP contribution in [0.1, 0.15) is 13.3 Å². The fourth-order valence-corrected chi connectivity index (χ4v) is 2.74. The Labute approximate surface area is 132 Å². The molecule has 0 saturated carbocycles. The number of hydrogen-bond donors (Lipinski definition) is 0. The first-order valence-electron chi connectivity index (χ1n) is 6.54. The molecule has 7 heteroatoms. The predicted octanol–water partition coefficient (Wildman–Crippen LogP) is 3.27. The number of methoxy groups -OCH3 is 1. The number of rotatable bonds is 6. The molecule has 1 aromatic heterocycles. The van der Waals surface area contributed by atoms with Crippen molar-refractivity contribution in [2.75, 3.05) is 12.9 Å². The summed E-state index contributed by atoms with van der Waals surface area (Å²) in [7, 11) is 1.37. The largest absolute Gasteiger partial charge is 0.468 e. The van der Waals surface area contributed by atoms with Gasteiger partial charge < -0.3 is 9.30 Å². The van der Waals surface area contributed by atoms with E-state index in [1.165, 1.54) is 18.9 Å². The van der Waals surface area contributed by atoms with Crippen molar-refractivity contribution in [1.82, 2.24) is 14.8 Å². The molecule has 21 heavy (non-hydrogen) atoms. The summed E-state index contributed by atoms with van der Waals surface area (Å²) in [6.45, 7) is 2.87. The van der Waals surface area contributed by atoms with Gasteiger partial charge in [-0.1, -0.05) is 30.3 Å². The highest BCUT2D eigenvalue weighted by Crippen LogP contribution is 2.25. The molecular weight excluding hydrogens is 310 g/mol. The maximum absolute atomic E-state index is 11.3. The van der Waals surface area contributed by atoms with Crippen LogP contribution >= 0.6 is 23.4 Å². The predicted molar refractivity (Wildman–Crippen MR) is 83.5 cm³/mol. The summed E-state index contributed by atoms with van der Waals surface area (Å²) in [6.07, 6.45) is 0.949. The molecule has 0 unspecified atom stereocenters.